The predicted molar refractivity (Wildman–Crippen MR) is 170 cm³/mol. The molecule has 1 aliphatic carbocycles. The smallest absolute Gasteiger partial charge is 0.264 e. The molecule has 2 amide bonds. The summed E-state index contributed by atoms with van der Waals surface area (Å²) in [7, 11) is -4.20. The normalized spacial score (nSPS) is 14.5. The number of hydrogen-bond donors (Lipinski definition) is 1. The third-order valence-electron chi connectivity index (χ3n) is 7.68. The van der Waals surface area contributed by atoms with Crippen LogP contribution in [0, 0.1) is 6.92 Å². The highest BCUT2D eigenvalue weighted by atomic mass is 35.5. The molecule has 10 heteroatoms. The average molecular weight is 626 g/mol. The molecule has 0 radical (unpaired) electrons. The highest BCUT2D eigenvalue weighted by molar-refractivity contribution is 7.92. The number of ether oxygens (including phenoxy) is 1. The maximum absolute atomic E-state index is 14.2. The predicted octanol–water partition coefficient (Wildman–Crippen LogP) is 6.11. The van der Waals surface area contributed by atoms with Gasteiger partial charge in [-0.25, -0.2) is 8.42 Å². The molecule has 0 aliphatic heterocycles. The van der Waals surface area contributed by atoms with Gasteiger partial charge in [0.1, 0.15) is 18.3 Å². The van der Waals surface area contributed by atoms with Gasteiger partial charge in [0.05, 0.1) is 17.2 Å². The number of nitrogens with zero attached hydrogens (tertiary/aromatic N) is 2. The zero-order valence-corrected chi connectivity index (χ0v) is 26.5. The summed E-state index contributed by atoms with van der Waals surface area (Å²) in [6, 6.07) is 19.5. The van der Waals surface area contributed by atoms with E-state index in [4.69, 9.17) is 16.3 Å². The minimum absolute atomic E-state index is 0.0432. The molecule has 8 nitrogen and oxygen atoms in total. The largest absolute Gasteiger partial charge is 0.492 e. The Morgan fingerprint density at radius 1 is 1.00 bits per heavy atom. The second kappa shape index (κ2) is 14.8. The van der Waals surface area contributed by atoms with Crippen molar-refractivity contribution in [3.05, 3.63) is 88.9 Å². The van der Waals surface area contributed by atoms with Crippen molar-refractivity contribution < 1.29 is 22.7 Å². The minimum atomic E-state index is -4.20. The van der Waals surface area contributed by atoms with Crippen LogP contribution in [0.15, 0.2) is 77.7 Å². The molecule has 43 heavy (non-hydrogen) atoms. The van der Waals surface area contributed by atoms with Gasteiger partial charge in [-0.1, -0.05) is 72.8 Å². The molecule has 1 atom stereocenters. The van der Waals surface area contributed by atoms with Gasteiger partial charge >= 0.3 is 0 Å². The number of rotatable bonds is 12. The molecular formula is C33H40ClN3O5S. The van der Waals surface area contributed by atoms with Crippen LogP contribution in [0.3, 0.4) is 0 Å². The summed E-state index contributed by atoms with van der Waals surface area (Å²) in [6.45, 7) is 5.19. The van der Waals surface area contributed by atoms with E-state index in [9.17, 15) is 18.0 Å². The summed E-state index contributed by atoms with van der Waals surface area (Å²) >= 11 is 6.24. The van der Waals surface area contributed by atoms with Crippen LogP contribution in [0.25, 0.3) is 0 Å². The topological polar surface area (TPSA) is 96.0 Å². The number of amides is 2. The third kappa shape index (κ3) is 8.30. The van der Waals surface area contributed by atoms with Crippen LogP contribution >= 0.6 is 11.6 Å². The number of nitrogens with one attached hydrogen (secondary N) is 1. The van der Waals surface area contributed by atoms with Crippen molar-refractivity contribution in [1.82, 2.24) is 10.2 Å². The highest BCUT2D eigenvalue weighted by Gasteiger charge is 2.34. The van der Waals surface area contributed by atoms with E-state index in [-0.39, 0.29) is 29.1 Å². The first-order chi connectivity index (χ1) is 20.6. The van der Waals surface area contributed by atoms with Gasteiger partial charge in [0.25, 0.3) is 10.0 Å². The summed E-state index contributed by atoms with van der Waals surface area (Å²) in [6.07, 6.45) is 5.05. The SMILES string of the molecule is CCOc1ccccc1N(CC(=O)N(Cc1cccc(Cl)c1)[C@@H](C)C(=O)NC1CCCCC1)S(=O)(=O)c1ccc(C)cc1. The van der Waals surface area contributed by atoms with E-state index in [1.54, 1.807) is 68.4 Å². The summed E-state index contributed by atoms with van der Waals surface area (Å²) in [5.74, 6) is -0.476. The Balaban J connectivity index is 1.72. The lowest BCUT2D eigenvalue weighted by Crippen LogP contribution is -2.53. The monoisotopic (exact) mass is 625 g/mol. The lowest BCUT2D eigenvalue weighted by Gasteiger charge is -2.33. The lowest BCUT2D eigenvalue weighted by atomic mass is 9.95. The molecule has 0 unspecified atom stereocenters. The van der Waals surface area contributed by atoms with E-state index in [1.807, 2.05) is 13.0 Å². The number of anilines is 1. The number of halogens is 1. The molecule has 1 saturated carbocycles. The lowest BCUT2D eigenvalue weighted by molar-refractivity contribution is -0.139. The van der Waals surface area contributed by atoms with Gasteiger partial charge in [-0.05, 0) is 75.6 Å². The molecule has 1 fully saturated rings. The van der Waals surface area contributed by atoms with Crippen molar-refractivity contribution in [2.75, 3.05) is 17.5 Å². The fourth-order valence-electron chi connectivity index (χ4n) is 5.27. The molecule has 0 spiro atoms. The van der Waals surface area contributed by atoms with Gasteiger partial charge in [-0.2, -0.15) is 0 Å². The number of para-hydroxylation sites is 2. The van der Waals surface area contributed by atoms with Crippen LogP contribution in [-0.4, -0.2) is 50.4 Å². The van der Waals surface area contributed by atoms with Crippen molar-refractivity contribution in [3.63, 3.8) is 0 Å². The van der Waals surface area contributed by atoms with Gasteiger partial charge in [0.15, 0.2) is 0 Å². The summed E-state index contributed by atoms with van der Waals surface area (Å²) in [5, 5.41) is 3.61. The Hall–Kier alpha value is -3.56. The quantitative estimate of drug-likeness (QED) is 0.262. The zero-order valence-electron chi connectivity index (χ0n) is 25.0. The fraction of sp³-hybridized carbons (Fsp3) is 0.394. The number of carbonyl (C=O) groups is 2. The molecule has 0 bridgehead atoms. The standard InChI is InChI=1S/C33H40ClN3O5S/c1-4-42-31-16-9-8-15-30(31)37(43(40,41)29-19-17-24(2)18-20-29)23-32(38)36(22-26-11-10-12-27(34)21-26)25(3)33(39)35-28-13-6-5-7-14-28/h8-12,15-21,25,28H,4-7,13-14,22-23H2,1-3H3,(H,35,39)/t25-/m0/s1. The molecule has 230 valence electrons. The van der Waals surface area contributed by atoms with E-state index < -0.39 is 28.5 Å². The summed E-state index contributed by atoms with van der Waals surface area (Å²) in [5.41, 5.74) is 1.86. The first kappa shape index (κ1) is 32.4. The molecule has 1 N–H and O–H groups in total. The molecule has 0 saturated heterocycles. The van der Waals surface area contributed by atoms with Gasteiger partial charge in [0.2, 0.25) is 11.8 Å². The van der Waals surface area contributed by atoms with E-state index >= 15 is 0 Å². The second-order valence-corrected chi connectivity index (χ2v) is 13.2. The van der Waals surface area contributed by atoms with Crippen molar-refractivity contribution in [3.8, 4) is 5.75 Å². The second-order valence-electron chi connectivity index (χ2n) is 10.9. The van der Waals surface area contributed by atoms with Gasteiger partial charge in [-0.3, -0.25) is 13.9 Å². The minimum Gasteiger partial charge on any atom is -0.492 e. The Labute approximate surface area is 260 Å². The molecule has 3 aromatic rings. The van der Waals surface area contributed by atoms with E-state index in [1.165, 1.54) is 17.0 Å². The number of benzene rings is 3. The van der Waals surface area contributed by atoms with E-state index in [0.29, 0.717) is 17.4 Å². The fourth-order valence-corrected chi connectivity index (χ4v) is 6.91. The van der Waals surface area contributed by atoms with E-state index in [0.717, 1.165) is 47.5 Å². The molecule has 0 heterocycles. The van der Waals surface area contributed by atoms with Gasteiger partial charge < -0.3 is 15.0 Å². The molecule has 3 aromatic carbocycles. The van der Waals surface area contributed by atoms with Crippen LogP contribution < -0.4 is 14.4 Å². The molecular weight excluding hydrogens is 586 g/mol. The van der Waals surface area contributed by atoms with Crippen molar-refractivity contribution >= 4 is 39.1 Å². The maximum atomic E-state index is 14.2. The number of hydrogen-bond acceptors (Lipinski definition) is 5. The van der Waals surface area contributed by atoms with E-state index in [2.05, 4.69) is 5.32 Å². The highest BCUT2D eigenvalue weighted by Crippen LogP contribution is 2.33. The third-order valence-corrected chi connectivity index (χ3v) is 9.69. The Morgan fingerprint density at radius 3 is 2.37 bits per heavy atom. The summed E-state index contributed by atoms with van der Waals surface area (Å²) in [4.78, 5) is 29.2. The van der Waals surface area contributed by atoms with Crippen LogP contribution in [0.4, 0.5) is 5.69 Å². The van der Waals surface area contributed by atoms with Crippen molar-refractivity contribution in [2.45, 2.75) is 76.4 Å². The van der Waals surface area contributed by atoms with Crippen LogP contribution in [0.2, 0.25) is 5.02 Å². The van der Waals surface area contributed by atoms with Crippen LogP contribution in [0.1, 0.15) is 57.1 Å². The average Bonchev–Trinajstić information content (AvgIpc) is 2.99. The van der Waals surface area contributed by atoms with Crippen molar-refractivity contribution in [1.29, 1.82) is 0 Å². The molecule has 4 rings (SSSR count). The molecule has 0 aromatic heterocycles. The van der Waals surface area contributed by atoms with Gasteiger partial charge in [0, 0.05) is 17.6 Å². The maximum Gasteiger partial charge on any atom is 0.264 e. The number of carbonyl (C=O) groups excluding carboxylic acids is 2. The van der Waals surface area contributed by atoms with Crippen LogP contribution in [-0.2, 0) is 26.2 Å². The van der Waals surface area contributed by atoms with Crippen molar-refractivity contribution in [2.24, 2.45) is 0 Å². The Morgan fingerprint density at radius 2 is 1.70 bits per heavy atom. The Bertz CT molecular complexity index is 1510. The zero-order chi connectivity index (χ0) is 31.0. The number of aryl methyl sites for hydroxylation is 1. The Kier molecular flexibility index (Phi) is 11.1. The first-order valence-electron chi connectivity index (χ1n) is 14.8. The van der Waals surface area contributed by atoms with Crippen LogP contribution in [0.5, 0.6) is 5.75 Å². The molecule has 1 aliphatic rings. The number of sulfonamides is 1. The summed E-state index contributed by atoms with van der Waals surface area (Å²) < 4.78 is 35.1. The first-order valence-corrected chi connectivity index (χ1v) is 16.6. The van der Waals surface area contributed by atoms with Gasteiger partial charge in [-0.15, -0.1) is 0 Å².